The first-order valence-electron chi connectivity index (χ1n) is 4.33. The van der Waals surface area contributed by atoms with Crippen molar-refractivity contribution in [3.63, 3.8) is 0 Å². The third kappa shape index (κ3) is 3.09. The predicted octanol–water partition coefficient (Wildman–Crippen LogP) is 0.769. The van der Waals surface area contributed by atoms with Crippen molar-refractivity contribution in [2.45, 2.75) is 13.3 Å². The van der Waals surface area contributed by atoms with E-state index in [0.29, 0.717) is 19.1 Å². The molecule has 1 fully saturated rings. The average molecular weight is 173 g/mol. The second kappa shape index (κ2) is 4.98. The molecule has 1 heterocycles. The highest BCUT2D eigenvalue weighted by Crippen LogP contribution is 2.07. The fraction of sp³-hybridized carbons (Fsp3) is 0.875. The molecule has 1 aliphatic heterocycles. The van der Waals surface area contributed by atoms with E-state index in [9.17, 15) is 4.79 Å². The van der Waals surface area contributed by atoms with Gasteiger partial charge in [-0.05, 0) is 19.9 Å². The number of rotatable bonds is 3. The molecule has 0 spiro atoms. The molecule has 1 saturated heterocycles. The highest BCUT2D eigenvalue weighted by atomic mass is 16.7. The smallest absolute Gasteiger partial charge is 0.435 e. The molecule has 0 saturated carbocycles. The zero-order valence-electron chi connectivity index (χ0n) is 7.34. The van der Waals surface area contributed by atoms with Crippen molar-refractivity contribution in [3.05, 3.63) is 0 Å². The first-order chi connectivity index (χ1) is 5.83. The number of nitrogens with one attached hydrogen (secondary N) is 1. The minimum absolute atomic E-state index is 0.377. The molecular formula is C8H15NO3. The summed E-state index contributed by atoms with van der Waals surface area (Å²) < 4.78 is 9.49. The molecule has 4 heteroatoms. The van der Waals surface area contributed by atoms with Crippen LogP contribution < -0.4 is 5.32 Å². The Bertz CT molecular complexity index is 143. The van der Waals surface area contributed by atoms with Crippen molar-refractivity contribution >= 4 is 6.16 Å². The van der Waals surface area contributed by atoms with Gasteiger partial charge in [0.2, 0.25) is 0 Å². The molecule has 0 aromatic carbocycles. The SMILES string of the molecule is CCOC(=O)OCC1CCNC1. The number of carbonyl (C=O) groups is 1. The van der Waals surface area contributed by atoms with Gasteiger partial charge in [-0.15, -0.1) is 0 Å². The molecule has 0 amide bonds. The summed E-state index contributed by atoms with van der Waals surface area (Å²) in [7, 11) is 0. The van der Waals surface area contributed by atoms with Gasteiger partial charge in [0.15, 0.2) is 0 Å². The average Bonchev–Trinajstić information content (AvgIpc) is 2.53. The fourth-order valence-electron chi connectivity index (χ4n) is 1.20. The molecule has 0 aromatic rings. The maximum Gasteiger partial charge on any atom is 0.508 e. The first-order valence-corrected chi connectivity index (χ1v) is 4.33. The van der Waals surface area contributed by atoms with Crippen molar-refractivity contribution in [3.8, 4) is 0 Å². The lowest BCUT2D eigenvalue weighted by Gasteiger charge is -2.08. The van der Waals surface area contributed by atoms with Crippen molar-refractivity contribution < 1.29 is 14.3 Å². The summed E-state index contributed by atoms with van der Waals surface area (Å²) in [6, 6.07) is 0. The summed E-state index contributed by atoms with van der Waals surface area (Å²) in [6.45, 7) is 4.59. The molecule has 4 nitrogen and oxygen atoms in total. The summed E-state index contributed by atoms with van der Waals surface area (Å²) in [5.41, 5.74) is 0. The van der Waals surface area contributed by atoms with Crippen LogP contribution in [0.15, 0.2) is 0 Å². The van der Waals surface area contributed by atoms with Gasteiger partial charge in [0.1, 0.15) is 0 Å². The molecule has 1 N–H and O–H groups in total. The van der Waals surface area contributed by atoms with E-state index in [1.807, 2.05) is 0 Å². The van der Waals surface area contributed by atoms with Crippen molar-refractivity contribution in [1.29, 1.82) is 0 Å². The Morgan fingerprint density at radius 3 is 3.00 bits per heavy atom. The summed E-state index contributed by atoms with van der Waals surface area (Å²) in [5.74, 6) is 0.467. The zero-order chi connectivity index (χ0) is 8.81. The van der Waals surface area contributed by atoms with Gasteiger partial charge in [-0.3, -0.25) is 0 Å². The largest absolute Gasteiger partial charge is 0.508 e. The van der Waals surface area contributed by atoms with Crippen LogP contribution >= 0.6 is 0 Å². The second-order valence-corrected chi connectivity index (χ2v) is 2.85. The van der Waals surface area contributed by atoms with Gasteiger partial charge in [0.05, 0.1) is 13.2 Å². The van der Waals surface area contributed by atoms with Gasteiger partial charge < -0.3 is 14.8 Å². The van der Waals surface area contributed by atoms with E-state index in [-0.39, 0.29) is 0 Å². The zero-order valence-corrected chi connectivity index (χ0v) is 7.34. The van der Waals surface area contributed by atoms with Gasteiger partial charge in [-0.1, -0.05) is 0 Å². The Balaban J connectivity index is 2.03. The molecule has 1 atom stereocenters. The lowest BCUT2D eigenvalue weighted by molar-refractivity contribution is 0.0496. The second-order valence-electron chi connectivity index (χ2n) is 2.85. The lowest BCUT2D eigenvalue weighted by Crippen LogP contribution is -2.17. The summed E-state index contributed by atoms with van der Waals surface area (Å²) in [4.78, 5) is 10.7. The van der Waals surface area contributed by atoms with Crippen LogP contribution in [0, 0.1) is 5.92 Å². The van der Waals surface area contributed by atoms with Gasteiger partial charge >= 0.3 is 6.16 Å². The van der Waals surface area contributed by atoms with Crippen molar-refractivity contribution in [2.75, 3.05) is 26.3 Å². The van der Waals surface area contributed by atoms with Crippen LogP contribution in [-0.2, 0) is 9.47 Å². The van der Waals surface area contributed by atoms with Gasteiger partial charge in [-0.2, -0.15) is 0 Å². The number of hydrogen-bond acceptors (Lipinski definition) is 4. The van der Waals surface area contributed by atoms with E-state index in [1.165, 1.54) is 0 Å². The normalized spacial score (nSPS) is 22.2. The Labute approximate surface area is 72.2 Å². The molecule has 0 aromatic heterocycles. The maximum absolute atomic E-state index is 10.7. The molecule has 1 unspecified atom stereocenters. The monoisotopic (exact) mass is 173 g/mol. The van der Waals surface area contributed by atoms with Gasteiger partial charge in [0.25, 0.3) is 0 Å². The third-order valence-corrected chi connectivity index (χ3v) is 1.86. The van der Waals surface area contributed by atoms with E-state index in [4.69, 9.17) is 4.74 Å². The quantitative estimate of drug-likeness (QED) is 0.640. The summed E-state index contributed by atoms with van der Waals surface area (Å²) >= 11 is 0. The van der Waals surface area contributed by atoms with Crippen LogP contribution in [0.2, 0.25) is 0 Å². The Hall–Kier alpha value is -0.770. The number of hydrogen-bond donors (Lipinski definition) is 1. The van der Waals surface area contributed by atoms with Crippen molar-refractivity contribution in [2.24, 2.45) is 5.92 Å². The molecular weight excluding hydrogens is 158 g/mol. The van der Waals surface area contributed by atoms with Crippen LogP contribution in [0.5, 0.6) is 0 Å². The number of carbonyl (C=O) groups excluding carboxylic acids is 1. The molecule has 12 heavy (non-hydrogen) atoms. The molecule has 70 valence electrons. The van der Waals surface area contributed by atoms with Crippen LogP contribution in [0.1, 0.15) is 13.3 Å². The van der Waals surface area contributed by atoms with E-state index in [1.54, 1.807) is 6.92 Å². The third-order valence-electron chi connectivity index (χ3n) is 1.86. The molecule has 1 rings (SSSR count). The topological polar surface area (TPSA) is 47.6 Å². The van der Waals surface area contributed by atoms with E-state index in [0.717, 1.165) is 19.5 Å². The predicted molar refractivity (Wildman–Crippen MR) is 44.0 cm³/mol. The molecule has 1 aliphatic rings. The molecule has 0 bridgehead atoms. The summed E-state index contributed by atoms with van der Waals surface area (Å²) in [5, 5.41) is 3.20. The highest BCUT2D eigenvalue weighted by molar-refractivity contribution is 5.59. The molecule has 0 aliphatic carbocycles. The minimum atomic E-state index is -0.551. The highest BCUT2D eigenvalue weighted by Gasteiger charge is 2.16. The lowest BCUT2D eigenvalue weighted by atomic mass is 10.1. The van der Waals surface area contributed by atoms with Crippen LogP contribution in [-0.4, -0.2) is 32.5 Å². The van der Waals surface area contributed by atoms with E-state index < -0.39 is 6.16 Å². The Morgan fingerprint density at radius 2 is 2.42 bits per heavy atom. The Morgan fingerprint density at radius 1 is 1.58 bits per heavy atom. The maximum atomic E-state index is 10.7. The standard InChI is InChI=1S/C8H15NO3/c1-2-11-8(10)12-6-7-3-4-9-5-7/h7,9H,2-6H2,1H3. The van der Waals surface area contributed by atoms with E-state index >= 15 is 0 Å². The first kappa shape index (κ1) is 9.32. The minimum Gasteiger partial charge on any atom is -0.435 e. The van der Waals surface area contributed by atoms with Crippen LogP contribution in [0.25, 0.3) is 0 Å². The van der Waals surface area contributed by atoms with Gasteiger partial charge in [-0.25, -0.2) is 4.79 Å². The Kier molecular flexibility index (Phi) is 3.87. The summed E-state index contributed by atoms with van der Waals surface area (Å²) in [6.07, 6.45) is 0.531. The number of ether oxygens (including phenoxy) is 2. The van der Waals surface area contributed by atoms with Crippen LogP contribution in [0.3, 0.4) is 0 Å². The molecule has 0 radical (unpaired) electrons. The van der Waals surface area contributed by atoms with Crippen molar-refractivity contribution in [1.82, 2.24) is 5.32 Å². The fourth-order valence-corrected chi connectivity index (χ4v) is 1.20. The van der Waals surface area contributed by atoms with Gasteiger partial charge in [0, 0.05) is 12.5 Å². The van der Waals surface area contributed by atoms with Crippen LogP contribution in [0.4, 0.5) is 4.79 Å². The van der Waals surface area contributed by atoms with E-state index in [2.05, 4.69) is 10.1 Å².